The molecule has 6 heteroatoms. The molecule has 0 aliphatic heterocycles. The lowest BCUT2D eigenvalue weighted by atomic mass is 10.0. The molecule has 0 aliphatic carbocycles. The molecule has 6 nitrogen and oxygen atoms in total. The fourth-order valence-corrected chi connectivity index (χ4v) is 1.89. The summed E-state index contributed by atoms with van der Waals surface area (Å²) in [6.45, 7) is 0. The summed E-state index contributed by atoms with van der Waals surface area (Å²) < 4.78 is 5.01. The van der Waals surface area contributed by atoms with E-state index in [1.54, 1.807) is 18.2 Å². The van der Waals surface area contributed by atoms with E-state index >= 15 is 0 Å². The highest BCUT2D eigenvalue weighted by Crippen LogP contribution is 2.28. The SMILES string of the molecule is COc1cc(/C=C(\C#N)c2ccc([N+](=O)[O-])cc2)ccc1O. The van der Waals surface area contributed by atoms with Crippen molar-refractivity contribution in [2.45, 2.75) is 0 Å². The van der Waals surface area contributed by atoms with Crippen molar-refractivity contribution in [1.82, 2.24) is 0 Å². The van der Waals surface area contributed by atoms with Gasteiger partial charge in [0.25, 0.3) is 5.69 Å². The zero-order chi connectivity index (χ0) is 16.1. The fraction of sp³-hybridized carbons (Fsp3) is 0.0625. The number of nitro benzene ring substituents is 1. The van der Waals surface area contributed by atoms with E-state index < -0.39 is 4.92 Å². The third-order valence-corrected chi connectivity index (χ3v) is 3.02. The van der Waals surface area contributed by atoms with Gasteiger partial charge in [0.2, 0.25) is 0 Å². The smallest absolute Gasteiger partial charge is 0.269 e. The molecule has 2 aromatic carbocycles. The topological polar surface area (TPSA) is 96.4 Å². The standard InChI is InChI=1S/C16H12N2O4/c1-22-16-9-11(2-7-15(16)19)8-13(10-17)12-3-5-14(6-4-12)18(20)21/h2-9,19H,1H3/b13-8+. The molecular formula is C16H12N2O4. The van der Waals surface area contributed by atoms with Crippen LogP contribution in [0, 0.1) is 21.4 Å². The quantitative estimate of drug-likeness (QED) is 0.404. The number of hydrogen-bond acceptors (Lipinski definition) is 5. The lowest BCUT2D eigenvalue weighted by molar-refractivity contribution is -0.384. The van der Waals surface area contributed by atoms with Gasteiger partial charge < -0.3 is 9.84 Å². The van der Waals surface area contributed by atoms with E-state index in [2.05, 4.69) is 6.07 Å². The Bertz CT molecular complexity index is 774. The number of phenols is 1. The zero-order valence-corrected chi connectivity index (χ0v) is 11.7. The van der Waals surface area contributed by atoms with Crippen molar-refractivity contribution in [2.75, 3.05) is 7.11 Å². The molecule has 0 aliphatic rings. The van der Waals surface area contributed by atoms with Crippen LogP contribution in [-0.4, -0.2) is 17.1 Å². The molecule has 0 bridgehead atoms. The molecule has 0 spiro atoms. The summed E-state index contributed by atoms with van der Waals surface area (Å²) in [6.07, 6.45) is 1.61. The monoisotopic (exact) mass is 296 g/mol. The Hall–Kier alpha value is -3.33. The second-order valence-electron chi connectivity index (χ2n) is 4.41. The van der Waals surface area contributed by atoms with E-state index in [4.69, 9.17) is 4.74 Å². The highest BCUT2D eigenvalue weighted by atomic mass is 16.6. The lowest BCUT2D eigenvalue weighted by Gasteiger charge is -2.05. The van der Waals surface area contributed by atoms with E-state index in [1.807, 2.05) is 0 Å². The summed E-state index contributed by atoms with van der Waals surface area (Å²) in [4.78, 5) is 10.1. The first-order valence-corrected chi connectivity index (χ1v) is 6.29. The Kier molecular flexibility index (Phi) is 4.39. The van der Waals surface area contributed by atoms with Crippen molar-refractivity contribution in [3.05, 3.63) is 63.7 Å². The predicted molar refractivity (Wildman–Crippen MR) is 81.2 cm³/mol. The van der Waals surface area contributed by atoms with Gasteiger partial charge in [0, 0.05) is 12.1 Å². The molecular weight excluding hydrogens is 284 g/mol. The summed E-state index contributed by atoms with van der Waals surface area (Å²) in [7, 11) is 1.43. The second-order valence-corrected chi connectivity index (χ2v) is 4.41. The molecule has 2 aromatic rings. The van der Waals surface area contributed by atoms with Crippen LogP contribution in [0.3, 0.4) is 0 Å². The van der Waals surface area contributed by atoms with Gasteiger partial charge in [0.05, 0.1) is 23.7 Å². The number of rotatable bonds is 4. The molecule has 2 rings (SSSR count). The van der Waals surface area contributed by atoms with Gasteiger partial charge in [0.1, 0.15) is 0 Å². The molecule has 0 radical (unpaired) electrons. The van der Waals surface area contributed by atoms with Gasteiger partial charge in [-0.2, -0.15) is 5.26 Å². The van der Waals surface area contributed by atoms with Gasteiger partial charge in [-0.05, 0) is 41.5 Å². The average Bonchev–Trinajstić information content (AvgIpc) is 2.54. The summed E-state index contributed by atoms with van der Waals surface area (Å²) in [5.74, 6) is 0.309. The van der Waals surface area contributed by atoms with Crippen LogP contribution in [0.15, 0.2) is 42.5 Å². The van der Waals surface area contributed by atoms with Gasteiger partial charge in [-0.1, -0.05) is 6.07 Å². The number of hydrogen-bond donors (Lipinski definition) is 1. The van der Waals surface area contributed by atoms with Crippen molar-refractivity contribution in [2.24, 2.45) is 0 Å². The average molecular weight is 296 g/mol. The van der Waals surface area contributed by atoms with Gasteiger partial charge in [-0.15, -0.1) is 0 Å². The minimum atomic E-state index is -0.496. The van der Waals surface area contributed by atoms with Crippen LogP contribution in [0.2, 0.25) is 0 Å². The number of methoxy groups -OCH3 is 1. The van der Waals surface area contributed by atoms with Crippen molar-refractivity contribution in [3.8, 4) is 17.6 Å². The molecule has 0 unspecified atom stereocenters. The third kappa shape index (κ3) is 3.22. The minimum Gasteiger partial charge on any atom is -0.504 e. The molecule has 0 aromatic heterocycles. The lowest BCUT2D eigenvalue weighted by Crippen LogP contribution is -1.89. The number of ether oxygens (including phenoxy) is 1. The highest BCUT2D eigenvalue weighted by molar-refractivity contribution is 5.90. The first-order valence-electron chi connectivity index (χ1n) is 6.29. The van der Waals surface area contributed by atoms with Crippen molar-refractivity contribution < 1.29 is 14.8 Å². The maximum Gasteiger partial charge on any atom is 0.269 e. The van der Waals surface area contributed by atoms with E-state index in [1.165, 1.54) is 37.4 Å². The Morgan fingerprint density at radius 1 is 1.32 bits per heavy atom. The molecule has 0 saturated heterocycles. The number of nitriles is 1. The molecule has 0 fully saturated rings. The summed E-state index contributed by atoms with van der Waals surface area (Å²) >= 11 is 0. The third-order valence-electron chi connectivity index (χ3n) is 3.02. The van der Waals surface area contributed by atoms with Crippen LogP contribution in [0.1, 0.15) is 11.1 Å². The number of nitrogens with zero attached hydrogens (tertiary/aromatic N) is 2. The number of aromatic hydroxyl groups is 1. The Morgan fingerprint density at radius 3 is 2.55 bits per heavy atom. The van der Waals surface area contributed by atoms with E-state index in [0.717, 1.165) is 0 Å². The molecule has 22 heavy (non-hydrogen) atoms. The van der Waals surface area contributed by atoms with Crippen LogP contribution < -0.4 is 4.74 Å². The first-order chi connectivity index (χ1) is 10.5. The van der Waals surface area contributed by atoms with Crippen LogP contribution in [-0.2, 0) is 0 Å². The van der Waals surface area contributed by atoms with Crippen LogP contribution in [0.5, 0.6) is 11.5 Å². The Morgan fingerprint density at radius 2 is 2.00 bits per heavy atom. The number of nitro groups is 1. The Labute approximate surface area is 126 Å². The zero-order valence-electron chi connectivity index (χ0n) is 11.7. The van der Waals surface area contributed by atoms with Gasteiger partial charge in [-0.25, -0.2) is 0 Å². The summed E-state index contributed by atoms with van der Waals surface area (Å²) in [5.41, 5.74) is 1.56. The van der Waals surface area contributed by atoms with Crippen LogP contribution in [0.25, 0.3) is 11.6 Å². The minimum absolute atomic E-state index is 0.00786. The molecule has 0 atom stereocenters. The number of benzene rings is 2. The molecule has 0 heterocycles. The van der Waals surface area contributed by atoms with Gasteiger partial charge >= 0.3 is 0 Å². The highest BCUT2D eigenvalue weighted by Gasteiger charge is 2.08. The largest absolute Gasteiger partial charge is 0.504 e. The molecule has 0 amide bonds. The van der Waals surface area contributed by atoms with E-state index in [0.29, 0.717) is 22.4 Å². The number of phenolic OH excluding ortho intramolecular Hbond substituents is 1. The summed E-state index contributed by atoms with van der Waals surface area (Å²) in [6, 6.07) is 12.5. The molecule has 110 valence electrons. The van der Waals surface area contributed by atoms with Gasteiger partial charge in [-0.3, -0.25) is 10.1 Å². The fourth-order valence-electron chi connectivity index (χ4n) is 1.89. The van der Waals surface area contributed by atoms with Crippen molar-refractivity contribution >= 4 is 17.3 Å². The van der Waals surface area contributed by atoms with Crippen LogP contribution in [0.4, 0.5) is 5.69 Å². The van der Waals surface area contributed by atoms with E-state index in [-0.39, 0.29) is 11.4 Å². The summed E-state index contributed by atoms with van der Waals surface area (Å²) in [5, 5.41) is 29.5. The van der Waals surface area contributed by atoms with Crippen LogP contribution >= 0.6 is 0 Å². The first kappa shape index (κ1) is 15.1. The molecule has 1 N–H and O–H groups in total. The van der Waals surface area contributed by atoms with Crippen molar-refractivity contribution in [3.63, 3.8) is 0 Å². The van der Waals surface area contributed by atoms with E-state index in [9.17, 15) is 20.5 Å². The maximum absolute atomic E-state index is 10.6. The molecule has 0 saturated carbocycles. The van der Waals surface area contributed by atoms with Gasteiger partial charge in [0.15, 0.2) is 11.5 Å². The number of non-ortho nitro benzene ring substituents is 1. The maximum atomic E-state index is 10.6. The Balaban J connectivity index is 2.39. The second kappa shape index (κ2) is 6.41. The predicted octanol–water partition coefficient (Wildman–Crippen LogP) is 3.37. The van der Waals surface area contributed by atoms with Crippen molar-refractivity contribution in [1.29, 1.82) is 5.26 Å². The normalized spacial score (nSPS) is 10.8. The number of allylic oxidation sites excluding steroid dienone is 1.